The van der Waals surface area contributed by atoms with Gasteiger partial charge in [0, 0.05) is 5.75 Å². The fourth-order valence-electron chi connectivity index (χ4n) is 2.43. The smallest absolute Gasteiger partial charge is 0.214 e. The predicted octanol–water partition coefficient (Wildman–Crippen LogP) is 2.81. The van der Waals surface area contributed by atoms with Gasteiger partial charge in [0.2, 0.25) is 5.16 Å². The van der Waals surface area contributed by atoms with Crippen LogP contribution < -0.4 is 4.74 Å². The number of tetrazole rings is 1. The minimum absolute atomic E-state index is 0.225. The Hall–Kier alpha value is -2.38. The molecule has 0 unspecified atom stereocenters. The van der Waals surface area contributed by atoms with Gasteiger partial charge in [0.15, 0.2) is 0 Å². The summed E-state index contributed by atoms with van der Waals surface area (Å²) in [6.07, 6.45) is -0.619. The molecular weight excluding hydrogens is 336 g/mol. The Labute approximate surface area is 150 Å². The average Bonchev–Trinajstić information content (AvgIpc) is 3.07. The van der Waals surface area contributed by atoms with Gasteiger partial charge in [0.25, 0.3) is 0 Å². The van der Waals surface area contributed by atoms with E-state index in [1.165, 1.54) is 11.8 Å². The standard InChI is InChI=1S/C18H20N4O2S/c1-13-8-14(2)10-17(9-13)24-11-16(23)12-25-18-19-20-21-22(18)15-6-4-3-5-7-15/h3-10,16,23H,11-12H2,1-2H3/t16-/m1/s1. The van der Waals surface area contributed by atoms with Crippen molar-refractivity contribution in [3.8, 4) is 11.4 Å². The molecule has 0 saturated carbocycles. The quantitative estimate of drug-likeness (QED) is 0.656. The molecule has 1 aromatic heterocycles. The van der Waals surface area contributed by atoms with Crippen LogP contribution >= 0.6 is 11.8 Å². The molecular formula is C18H20N4O2S. The van der Waals surface area contributed by atoms with Gasteiger partial charge in [-0.05, 0) is 59.7 Å². The Morgan fingerprint density at radius 2 is 1.84 bits per heavy atom. The second-order valence-corrected chi connectivity index (χ2v) is 6.80. The van der Waals surface area contributed by atoms with E-state index < -0.39 is 6.10 Å². The Morgan fingerprint density at radius 1 is 1.12 bits per heavy atom. The van der Waals surface area contributed by atoms with Gasteiger partial charge < -0.3 is 9.84 Å². The monoisotopic (exact) mass is 356 g/mol. The van der Waals surface area contributed by atoms with Crippen molar-refractivity contribution in [3.63, 3.8) is 0 Å². The van der Waals surface area contributed by atoms with Gasteiger partial charge in [-0.2, -0.15) is 4.68 Å². The van der Waals surface area contributed by atoms with Gasteiger partial charge in [-0.15, -0.1) is 5.10 Å². The van der Waals surface area contributed by atoms with Crippen molar-refractivity contribution in [2.75, 3.05) is 12.4 Å². The number of benzene rings is 2. The number of hydrogen-bond acceptors (Lipinski definition) is 6. The van der Waals surface area contributed by atoms with Crippen LogP contribution in [0.3, 0.4) is 0 Å². The van der Waals surface area contributed by atoms with Crippen LogP contribution in [0.4, 0.5) is 0 Å². The number of nitrogens with zero attached hydrogens (tertiary/aromatic N) is 4. The molecule has 25 heavy (non-hydrogen) atoms. The van der Waals surface area contributed by atoms with Crippen LogP contribution in [-0.2, 0) is 0 Å². The van der Waals surface area contributed by atoms with Crippen molar-refractivity contribution in [2.24, 2.45) is 0 Å². The molecule has 1 atom stereocenters. The summed E-state index contributed by atoms with van der Waals surface area (Å²) in [4.78, 5) is 0. The van der Waals surface area contributed by atoms with E-state index >= 15 is 0 Å². The highest BCUT2D eigenvalue weighted by Gasteiger charge is 2.12. The first-order chi connectivity index (χ1) is 12.1. The van der Waals surface area contributed by atoms with E-state index in [1.54, 1.807) is 4.68 Å². The normalized spacial score (nSPS) is 12.1. The number of para-hydroxylation sites is 1. The van der Waals surface area contributed by atoms with E-state index in [9.17, 15) is 5.11 Å². The summed E-state index contributed by atoms with van der Waals surface area (Å²) >= 11 is 1.39. The molecule has 0 aliphatic carbocycles. The summed E-state index contributed by atoms with van der Waals surface area (Å²) in [5, 5.41) is 22.6. The molecule has 0 bridgehead atoms. The molecule has 0 saturated heterocycles. The lowest BCUT2D eigenvalue weighted by Crippen LogP contribution is -2.20. The highest BCUT2D eigenvalue weighted by atomic mass is 32.2. The van der Waals surface area contributed by atoms with Crippen LogP contribution in [0.2, 0.25) is 0 Å². The lowest BCUT2D eigenvalue weighted by Gasteiger charge is -2.13. The molecule has 0 amide bonds. The van der Waals surface area contributed by atoms with Crippen molar-refractivity contribution in [3.05, 3.63) is 59.7 Å². The molecule has 0 aliphatic rings. The van der Waals surface area contributed by atoms with Crippen LogP contribution in [0.1, 0.15) is 11.1 Å². The molecule has 2 aromatic carbocycles. The number of rotatable bonds is 7. The molecule has 1 heterocycles. The van der Waals surface area contributed by atoms with E-state index in [0.29, 0.717) is 10.9 Å². The molecule has 0 aliphatic heterocycles. The molecule has 3 rings (SSSR count). The fourth-order valence-corrected chi connectivity index (χ4v) is 3.22. The number of aromatic nitrogens is 4. The summed E-state index contributed by atoms with van der Waals surface area (Å²) < 4.78 is 7.35. The molecule has 0 radical (unpaired) electrons. The minimum Gasteiger partial charge on any atom is -0.491 e. The van der Waals surface area contributed by atoms with Crippen molar-refractivity contribution in [1.82, 2.24) is 20.2 Å². The predicted molar refractivity (Wildman–Crippen MR) is 97.3 cm³/mol. The lowest BCUT2D eigenvalue weighted by atomic mass is 10.1. The third-order valence-electron chi connectivity index (χ3n) is 3.48. The molecule has 6 nitrogen and oxygen atoms in total. The second-order valence-electron chi connectivity index (χ2n) is 5.81. The van der Waals surface area contributed by atoms with E-state index in [0.717, 1.165) is 22.6 Å². The second kappa shape index (κ2) is 8.13. The summed E-state index contributed by atoms with van der Waals surface area (Å²) in [5.74, 6) is 1.22. The van der Waals surface area contributed by atoms with Gasteiger partial charge in [0.05, 0.1) is 11.8 Å². The zero-order chi connectivity index (χ0) is 17.6. The Bertz CT molecular complexity index is 803. The van der Waals surface area contributed by atoms with Crippen molar-refractivity contribution >= 4 is 11.8 Å². The fraction of sp³-hybridized carbons (Fsp3) is 0.278. The number of ether oxygens (including phenoxy) is 1. The molecule has 7 heteroatoms. The molecule has 0 spiro atoms. The van der Waals surface area contributed by atoms with Gasteiger partial charge in [-0.3, -0.25) is 0 Å². The highest BCUT2D eigenvalue weighted by Crippen LogP contribution is 2.20. The number of aliphatic hydroxyl groups excluding tert-OH is 1. The number of aryl methyl sites for hydroxylation is 2. The first kappa shape index (κ1) is 17.4. The van der Waals surface area contributed by atoms with E-state index in [1.807, 2.05) is 56.3 Å². The van der Waals surface area contributed by atoms with Crippen LogP contribution in [0.25, 0.3) is 5.69 Å². The minimum atomic E-state index is -0.619. The van der Waals surface area contributed by atoms with Crippen LogP contribution in [-0.4, -0.2) is 43.8 Å². The number of hydrogen-bond donors (Lipinski definition) is 1. The van der Waals surface area contributed by atoms with Crippen LogP contribution in [0, 0.1) is 13.8 Å². The van der Waals surface area contributed by atoms with Crippen molar-refractivity contribution < 1.29 is 9.84 Å². The Kier molecular flexibility index (Phi) is 5.67. The summed E-state index contributed by atoms with van der Waals surface area (Å²) in [6.45, 7) is 4.27. The summed E-state index contributed by atoms with van der Waals surface area (Å²) in [7, 11) is 0. The largest absolute Gasteiger partial charge is 0.491 e. The Morgan fingerprint density at radius 3 is 2.56 bits per heavy atom. The van der Waals surface area contributed by atoms with Crippen LogP contribution in [0.5, 0.6) is 5.75 Å². The van der Waals surface area contributed by atoms with E-state index in [4.69, 9.17) is 4.74 Å². The maximum Gasteiger partial charge on any atom is 0.214 e. The van der Waals surface area contributed by atoms with Gasteiger partial charge in [-0.25, -0.2) is 0 Å². The third-order valence-corrected chi connectivity index (χ3v) is 4.55. The number of thioether (sulfide) groups is 1. The first-order valence-electron chi connectivity index (χ1n) is 7.97. The average molecular weight is 356 g/mol. The SMILES string of the molecule is Cc1cc(C)cc(OC[C@@H](O)CSc2nnnn2-c2ccccc2)c1. The maximum absolute atomic E-state index is 10.2. The van der Waals surface area contributed by atoms with Crippen molar-refractivity contribution in [2.45, 2.75) is 25.1 Å². The maximum atomic E-state index is 10.2. The van der Waals surface area contributed by atoms with Crippen molar-refractivity contribution in [1.29, 1.82) is 0 Å². The zero-order valence-electron chi connectivity index (χ0n) is 14.2. The van der Waals surface area contributed by atoms with Crippen LogP contribution in [0.15, 0.2) is 53.7 Å². The molecule has 130 valence electrons. The molecule has 3 aromatic rings. The van der Waals surface area contributed by atoms with E-state index in [2.05, 4.69) is 21.6 Å². The lowest BCUT2D eigenvalue weighted by molar-refractivity contribution is 0.126. The zero-order valence-corrected chi connectivity index (χ0v) is 15.0. The van der Waals surface area contributed by atoms with Gasteiger partial charge >= 0.3 is 0 Å². The topological polar surface area (TPSA) is 73.1 Å². The van der Waals surface area contributed by atoms with Gasteiger partial charge in [-0.1, -0.05) is 36.0 Å². The molecule has 1 N–H and O–H groups in total. The van der Waals surface area contributed by atoms with E-state index in [-0.39, 0.29) is 6.61 Å². The third kappa shape index (κ3) is 4.80. The first-order valence-corrected chi connectivity index (χ1v) is 8.96. The summed E-state index contributed by atoms with van der Waals surface area (Å²) in [6, 6.07) is 15.7. The Balaban J connectivity index is 1.55. The molecule has 0 fully saturated rings. The van der Waals surface area contributed by atoms with Gasteiger partial charge in [0.1, 0.15) is 12.4 Å². The number of aliphatic hydroxyl groups is 1. The highest BCUT2D eigenvalue weighted by molar-refractivity contribution is 7.99. The summed E-state index contributed by atoms with van der Waals surface area (Å²) in [5.41, 5.74) is 3.16.